The molecule has 0 unspecified atom stereocenters. The molecule has 2 N–H and O–H groups in total. The number of anilines is 1. The van der Waals surface area contributed by atoms with Gasteiger partial charge in [0.25, 0.3) is 11.6 Å². The van der Waals surface area contributed by atoms with Crippen LogP contribution in [0.1, 0.15) is 36.7 Å². The molecular weight excluding hydrogens is 370 g/mol. The lowest BCUT2D eigenvalue weighted by molar-refractivity contribution is -0.385. The standard InChI is InChI=1S/C18H21N3O5S/c1-12-15(6-5-7-16(12)21(23)24)19-17(22)13-8-10-14(11-9-13)27(25,26)20-18(2,3)4/h5-11,20H,1-4H3,(H,19,22). The molecular formula is C18H21N3O5S. The highest BCUT2D eigenvalue weighted by atomic mass is 32.2. The van der Waals surface area contributed by atoms with Gasteiger partial charge in [-0.1, -0.05) is 6.07 Å². The quantitative estimate of drug-likeness (QED) is 0.599. The number of benzene rings is 2. The molecule has 0 atom stereocenters. The summed E-state index contributed by atoms with van der Waals surface area (Å²) in [6, 6.07) is 9.85. The number of nitrogens with zero attached hydrogens (tertiary/aromatic N) is 1. The second-order valence-corrected chi connectivity index (χ2v) is 8.72. The molecule has 0 fully saturated rings. The van der Waals surface area contributed by atoms with Gasteiger partial charge in [0.2, 0.25) is 10.0 Å². The average Bonchev–Trinajstić information content (AvgIpc) is 2.54. The van der Waals surface area contributed by atoms with Crippen LogP contribution >= 0.6 is 0 Å². The zero-order chi connectivity index (χ0) is 20.4. The lowest BCUT2D eigenvalue weighted by atomic mass is 10.1. The van der Waals surface area contributed by atoms with Crippen molar-refractivity contribution in [2.24, 2.45) is 0 Å². The molecule has 2 aromatic rings. The molecule has 2 rings (SSSR count). The number of rotatable bonds is 5. The lowest BCUT2D eigenvalue weighted by Crippen LogP contribution is -2.40. The molecule has 0 aromatic heterocycles. The first kappa shape index (κ1) is 20.5. The van der Waals surface area contributed by atoms with E-state index in [1.54, 1.807) is 33.8 Å². The maximum absolute atomic E-state index is 12.4. The van der Waals surface area contributed by atoms with Crippen molar-refractivity contribution in [2.45, 2.75) is 38.1 Å². The van der Waals surface area contributed by atoms with Gasteiger partial charge in [0.05, 0.1) is 21.1 Å². The summed E-state index contributed by atoms with van der Waals surface area (Å²) in [5, 5.41) is 13.6. The molecule has 8 nitrogen and oxygen atoms in total. The van der Waals surface area contributed by atoms with Crippen molar-refractivity contribution < 1.29 is 18.1 Å². The fourth-order valence-corrected chi connectivity index (χ4v) is 3.82. The molecule has 0 spiro atoms. The van der Waals surface area contributed by atoms with Gasteiger partial charge in [0.15, 0.2) is 0 Å². The average molecular weight is 391 g/mol. The molecule has 0 bridgehead atoms. The summed E-state index contributed by atoms with van der Waals surface area (Å²) in [7, 11) is -3.70. The Morgan fingerprint density at radius 2 is 1.67 bits per heavy atom. The smallest absolute Gasteiger partial charge is 0.274 e. The summed E-state index contributed by atoms with van der Waals surface area (Å²) >= 11 is 0. The molecule has 0 aliphatic carbocycles. The minimum atomic E-state index is -3.70. The van der Waals surface area contributed by atoms with Gasteiger partial charge in [0.1, 0.15) is 0 Å². The number of hydrogen-bond acceptors (Lipinski definition) is 5. The van der Waals surface area contributed by atoms with E-state index in [0.717, 1.165) is 0 Å². The lowest BCUT2D eigenvalue weighted by Gasteiger charge is -2.20. The molecule has 0 heterocycles. The molecule has 0 aliphatic rings. The normalized spacial score (nSPS) is 11.9. The predicted octanol–water partition coefficient (Wildman–Crippen LogP) is 3.23. The maximum Gasteiger partial charge on any atom is 0.274 e. The maximum atomic E-state index is 12.4. The summed E-state index contributed by atoms with van der Waals surface area (Å²) < 4.78 is 27.1. The van der Waals surface area contributed by atoms with Crippen molar-refractivity contribution in [2.75, 3.05) is 5.32 Å². The largest absolute Gasteiger partial charge is 0.321 e. The number of carbonyl (C=O) groups is 1. The Hall–Kier alpha value is -2.78. The minimum Gasteiger partial charge on any atom is -0.321 e. The Morgan fingerprint density at radius 3 is 2.19 bits per heavy atom. The van der Waals surface area contributed by atoms with Crippen molar-refractivity contribution >= 4 is 27.3 Å². The van der Waals surface area contributed by atoms with Crippen LogP contribution in [0.2, 0.25) is 0 Å². The highest BCUT2D eigenvalue weighted by molar-refractivity contribution is 7.89. The zero-order valence-corrected chi connectivity index (χ0v) is 16.3. The SMILES string of the molecule is Cc1c(NC(=O)c2ccc(S(=O)(=O)NC(C)(C)C)cc2)cccc1[N+](=O)[O-]. The number of carbonyl (C=O) groups excluding carboxylic acids is 1. The summed E-state index contributed by atoms with van der Waals surface area (Å²) in [5.74, 6) is -0.494. The molecule has 27 heavy (non-hydrogen) atoms. The Kier molecular flexibility index (Phi) is 5.67. The number of nitrogens with one attached hydrogen (secondary N) is 2. The first-order valence-corrected chi connectivity index (χ1v) is 9.58. The summed E-state index contributed by atoms with van der Waals surface area (Å²) in [6.07, 6.45) is 0. The van der Waals surface area contributed by atoms with E-state index in [1.165, 1.54) is 36.4 Å². The van der Waals surface area contributed by atoms with Gasteiger partial charge >= 0.3 is 0 Å². The summed E-state index contributed by atoms with van der Waals surface area (Å²) in [6.45, 7) is 6.73. The number of nitro benzene ring substituents is 1. The third-order valence-electron chi connectivity index (χ3n) is 3.62. The topological polar surface area (TPSA) is 118 Å². The van der Waals surface area contributed by atoms with E-state index in [9.17, 15) is 23.3 Å². The molecule has 0 saturated heterocycles. The van der Waals surface area contributed by atoms with Gasteiger partial charge in [0, 0.05) is 17.2 Å². The van der Waals surface area contributed by atoms with Crippen LogP contribution in [0, 0.1) is 17.0 Å². The number of sulfonamides is 1. The Bertz CT molecular complexity index is 977. The van der Waals surface area contributed by atoms with Crippen molar-refractivity contribution in [3.63, 3.8) is 0 Å². The van der Waals surface area contributed by atoms with Crippen LogP contribution in [-0.2, 0) is 10.0 Å². The van der Waals surface area contributed by atoms with E-state index in [-0.39, 0.29) is 16.1 Å². The van der Waals surface area contributed by atoms with Crippen LogP contribution in [0.3, 0.4) is 0 Å². The van der Waals surface area contributed by atoms with E-state index in [2.05, 4.69) is 10.0 Å². The van der Waals surface area contributed by atoms with Gasteiger partial charge in [-0.3, -0.25) is 14.9 Å². The highest BCUT2D eigenvalue weighted by Gasteiger charge is 2.22. The summed E-state index contributed by atoms with van der Waals surface area (Å²) in [5.41, 5.74) is 0.164. The van der Waals surface area contributed by atoms with Gasteiger partial charge in [-0.05, 0) is 58.0 Å². The zero-order valence-electron chi connectivity index (χ0n) is 15.4. The molecule has 0 radical (unpaired) electrons. The van der Waals surface area contributed by atoms with Gasteiger partial charge in [-0.25, -0.2) is 13.1 Å². The highest BCUT2D eigenvalue weighted by Crippen LogP contribution is 2.25. The third-order valence-corrected chi connectivity index (χ3v) is 5.39. The van der Waals surface area contributed by atoms with E-state index < -0.39 is 26.4 Å². The fraction of sp³-hybridized carbons (Fsp3) is 0.278. The van der Waals surface area contributed by atoms with Gasteiger partial charge < -0.3 is 5.32 Å². The molecule has 0 aliphatic heterocycles. The molecule has 144 valence electrons. The van der Waals surface area contributed by atoms with Crippen LogP contribution in [0.4, 0.5) is 11.4 Å². The van der Waals surface area contributed by atoms with Crippen molar-refractivity contribution in [3.05, 3.63) is 63.7 Å². The molecule has 0 saturated carbocycles. The van der Waals surface area contributed by atoms with E-state index >= 15 is 0 Å². The predicted molar refractivity (Wildman–Crippen MR) is 102 cm³/mol. The second-order valence-electron chi connectivity index (χ2n) is 7.04. The molecule has 9 heteroatoms. The molecule has 1 amide bonds. The van der Waals surface area contributed by atoms with Crippen LogP contribution < -0.4 is 10.0 Å². The van der Waals surface area contributed by atoms with Crippen molar-refractivity contribution in [1.29, 1.82) is 0 Å². The Morgan fingerprint density at radius 1 is 1.07 bits per heavy atom. The van der Waals surface area contributed by atoms with Crippen molar-refractivity contribution in [1.82, 2.24) is 4.72 Å². The first-order chi connectivity index (χ1) is 12.4. The van der Waals surface area contributed by atoms with Crippen LogP contribution in [0.5, 0.6) is 0 Å². The fourth-order valence-electron chi connectivity index (χ4n) is 2.40. The second kappa shape index (κ2) is 7.45. The number of amides is 1. The Labute approximate surface area is 157 Å². The van der Waals surface area contributed by atoms with E-state index in [4.69, 9.17) is 0 Å². The third kappa shape index (κ3) is 5.11. The van der Waals surface area contributed by atoms with Gasteiger partial charge in [-0.2, -0.15) is 0 Å². The monoisotopic (exact) mass is 391 g/mol. The van der Waals surface area contributed by atoms with Crippen LogP contribution in [-0.4, -0.2) is 24.8 Å². The number of nitro groups is 1. The van der Waals surface area contributed by atoms with Gasteiger partial charge in [-0.15, -0.1) is 0 Å². The summed E-state index contributed by atoms with van der Waals surface area (Å²) in [4.78, 5) is 22.9. The van der Waals surface area contributed by atoms with E-state index in [0.29, 0.717) is 11.3 Å². The number of hydrogen-bond donors (Lipinski definition) is 2. The molecule has 2 aromatic carbocycles. The first-order valence-electron chi connectivity index (χ1n) is 8.10. The van der Waals surface area contributed by atoms with Crippen LogP contribution in [0.15, 0.2) is 47.4 Å². The van der Waals surface area contributed by atoms with Crippen LogP contribution in [0.25, 0.3) is 0 Å². The van der Waals surface area contributed by atoms with Crippen molar-refractivity contribution in [3.8, 4) is 0 Å². The Balaban J connectivity index is 2.22. The minimum absolute atomic E-state index is 0.0421. The van der Waals surface area contributed by atoms with E-state index in [1.807, 2.05) is 0 Å².